The van der Waals surface area contributed by atoms with E-state index in [1.807, 2.05) is 0 Å². The van der Waals surface area contributed by atoms with Gasteiger partial charge in [0.25, 0.3) is 15.9 Å². The fraction of sp³-hybridized carbons (Fsp3) is 0.278. The molecule has 0 fully saturated rings. The largest absolute Gasteiger partial charge is 0.497 e. The average Bonchev–Trinajstić information content (AvgIpc) is 2.67. The number of amides is 1. The van der Waals surface area contributed by atoms with Crippen LogP contribution in [0.2, 0.25) is 0 Å². The van der Waals surface area contributed by atoms with E-state index in [4.69, 9.17) is 10.5 Å². The van der Waals surface area contributed by atoms with E-state index in [2.05, 4.69) is 5.32 Å². The zero-order valence-electron chi connectivity index (χ0n) is 15.2. The van der Waals surface area contributed by atoms with Crippen LogP contribution in [-0.2, 0) is 10.0 Å². The van der Waals surface area contributed by atoms with Crippen molar-refractivity contribution < 1.29 is 17.9 Å². The van der Waals surface area contributed by atoms with Gasteiger partial charge in [-0.1, -0.05) is 6.07 Å². The highest BCUT2D eigenvalue weighted by Gasteiger charge is 2.22. The molecular formula is C18H24ClN3O4S. The lowest BCUT2D eigenvalue weighted by Crippen LogP contribution is -2.28. The standard InChI is InChI=1S/C18H23N3O4S.ClH/c1-21(15-7-9-16(25-2)10-8-15)26(23,24)17-6-3-5-14(13-17)18(22)20-12-4-11-19;/h3,5-10,13H,4,11-12,19H2,1-2H3,(H,20,22);1H. The zero-order valence-corrected chi connectivity index (χ0v) is 16.8. The number of carbonyl (C=O) groups is 1. The molecule has 2 aromatic carbocycles. The van der Waals surface area contributed by atoms with Gasteiger partial charge in [-0.25, -0.2) is 8.42 Å². The molecule has 0 aliphatic carbocycles. The summed E-state index contributed by atoms with van der Waals surface area (Å²) in [7, 11) is -0.796. The quantitative estimate of drug-likeness (QED) is 0.644. The lowest BCUT2D eigenvalue weighted by atomic mass is 10.2. The zero-order chi connectivity index (χ0) is 19.2. The summed E-state index contributed by atoms with van der Waals surface area (Å²) >= 11 is 0. The maximum Gasteiger partial charge on any atom is 0.264 e. The first-order valence-electron chi connectivity index (χ1n) is 8.11. The summed E-state index contributed by atoms with van der Waals surface area (Å²) in [5, 5.41) is 2.71. The Balaban J connectivity index is 0.00000364. The number of sulfonamides is 1. The number of nitrogens with two attached hydrogens (primary N) is 1. The van der Waals surface area contributed by atoms with Crippen LogP contribution in [0.25, 0.3) is 0 Å². The number of hydrogen-bond donors (Lipinski definition) is 2. The van der Waals surface area contributed by atoms with Crippen molar-refractivity contribution in [2.75, 3.05) is 31.6 Å². The van der Waals surface area contributed by atoms with Crippen molar-refractivity contribution in [2.24, 2.45) is 5.73 Å². The summed E-state index contributed by atoms with van der Waals surface area (Å²) in [6.07, 6.45) is 0.657. The Morgan fingerprint density at radius 1 is 1.19 bits per heavy atom. The topological polar surface area (TPSA) is 102 Å². The molecule has 3 N–H and O–H groups in total. The third kappa shape index (κ3) is 5.59. The van der Waals surface area contributed by atoms with Gasteiger partial charge in [-0.2, -0.15) is 0 Å². The molecule has 0 aliphatic heterocycles. The Morgan fingerprint density at radius 3 is 2.44 bits per heavy atom. The molecule has 9 heteroatoms. The van der Waals surface area contributed by atoms with E-state index in [9.17, 15) is 13.2 Å². The summed E-state index contributed by atoms with van der Waals surface area (Å²) in [6, 6.07) is 12.6. The van der Waals surface area contributed by atoms with Crippen molar-refractivity contribution in [3.63, 3.8) is 0 Å². The van der Waals surface area contributed by atoms with E-state index < -0.39 is 10.0 Å². The predicted molar refractivity (Wildman–Crippen MR) is 108 cm³/mol. The number of benzene rings is 2. The summed E-state index contributed by atoms with van der Waals surface area (Å²) in [5.74, 6) is 0.304. The van der Waals surface area contributed by atoms with Gasteiger partial charge in [0.05, 0.1) is 17.7 Å². The second kappa shape index (κ2) is 10.1. The maximum absolute atomic E-state index is 12.9. The summed E-state index contributed by atoms with van der Waals surface area (Å²) < 4.78 is 32.0. The Kier molecular flexibility index (Phi) is 8.55. The molecule has 0 aliphatic rings. The highest BCUT2D eigenvalue weighted by atomic mass is 35.5. The summed E-state index contributed by atoms with van der Waals surface area (Å²) in [6.45, 7) is 0.916. The highest BCUT2D eigenvalue weighted by molar-refractivity contribution is 7.92. The third-order valence-electron chi connectivity index (χ3n) is 3.86. The van der Waals surface area contributed by atoms with Crippen LogP contribution in [-0.4, -0.2) is 41.6 Å². The van der Waals surface area contributed by atoms with Crippen LogP contribution < -0.4 is 20.1 Å². The lowest BCUT2D eigenvalue weighted by molar-refractivity contribution is 0.0953. The lowest BCUT2D eigenvalue weighted by Gasteiger charge is -2.20. The van der Waals surface area contributed by atoms with Crippen LogP contribution in [0.4, 0.5) is 5.69 Å². The molecular weight excluding hydrogens is 390 g/mol. The molecule has 0 aromatic heterocycles. The van der Waals surface area contributed by atoms with Gasteiger partial charge in [-0.15, -0.1) is 12.4 Å². The molecule has 0 heterocycles. The van der Waals surface area contributed by atoms with Gasteiger partial charge in [0, 0.05) is 19.2 Å². The van der Waals surface area contributed by atoms with Crippen molar-refractivity contribution in [1.29, 1.82) is 0 Å². The van der Waals surface area contributed by atoms with Crippen molar-refractivity contribution in [1.82, 2.24) is 5.32 Å². The average molecular weight is 414 g/mol. The number of hydrogen-bond acceptors (Lipinski definition) is 5. The van der Waals surface area contributed by atoms with Crippen LogP contribution >= 0.6 is 12.4 Å². The van der Waals surface area contributed by atoms with E-state index in [-0.39, 0.29) is 28.8 Å². The smallest absolute Gasteiger partial charge is 0.264 e. The van der Waals surface area contributed by atoms with Crippen LogP contribution in [0.1, 0.15) is 16.8 Å². The summed E-state index contributed by atoms with van der Waals surface area (Å²) in [4.78, 5) is 12.2. The first kappa shape index (κ1) is 22.8. The number of nitrogens with zero attached hydrogens (tertiary/aromatic N) is 1. The molecule has 148 valence electrons. The van der Waals surface area contributed by atoms with Gasteiger partial charge in [-0.05, 0) is 55.4 Å². The van der Waals surface area contributed by atoms with E-state index >= 15 is 0 Å². The second-order valence-electron chi connectivity index (χ2n) is 5.60. The van der Waals surface area contributed by atoms with Gasteiger partial charge in [0.1, 0.15) is 5.75 Å². The molecule has 27 heavy (non-hydrogen) atoms. The van der Waals surface area contributed by atoms with Crippen LogP contribution in [0.3, 0.4) is 0 Å². The molecule has 2 aromatic rings. The number of nitrogens with one attached hydrogen (secondary N) is 1. The first-order chi connectivity index (χ1) is 12.4. The fourth-order valence-electron chi connectivity index (χ4n) is 2.29. The van der Waals surface area contributed by atoms with Crippen LogP contribution in [0.15, 0.2) is 53.4 Å². The molecule has 0 radical (unpaired) electrons. The molecule has 0 atom stereocenters. The number of ether oxygens (including phenoxy) is 1. The van der Waals surface area contributed by atoms with E-state index in [0.29, 0.717) is 30.9 Å². The van der Waals surface area contributed by atoms with Gasteiger partial charge in [0.15, 0.2) is 0 Å². The highest BCUT2D eigenvalue weighted by Crippen LogP contribution is 2.24. The molecule has 0 saturated carbocycles. The first-order valence-corrected chi connectivity index (χ1v) is 9.55. The van der Waals surface area contributed by atoms with Crippen molar-refractivity contribution in [3.05, 3.63) is 54.1 Å². The number of carbonyl (C=O) groups excluding carboxylic acids is 1. The minimum Gasteiger partial charge on any atom is -0.497 e. The molecule has 0 unspecified atom stereocenters. The summed E-state index contributed by atoms with van der Waals surface area (Å²) in [5.41, 5.74) is 6.17. The Hall–Kier alpha value is -2.29. The SMILES string of the molecule is COc1ccc(N(C)S(=O)(=O)c2cccc(C(=O)NCCCN)c2)cc1.Cl. The number of halogens is 1. The van der Waals surface area contributed by atoms with Crippen molar-refractivity contribution in [3.8, 4) is 5.75 Å². The monoisotopic (exact) mass is 413 g/mol. The van der Waals surface area contributed by atoms with Crippen LogP contribution in [0.5, 0.6) is 5.75 Å². The van der Waals surface area contributed by atoms with Crippen LogP contribution in [0, 0.1) is 0 Å². The Labute approximate surface area is 166 Å². The minimum atomic E-state index is -3.80. The Morgan fingerprint density at radius 2 is 1.85 bits per heavy atom. The normalized spacial score (nSPS) is 10.6. The number of rotatable bonds is 8. The molecule has 0 saturated heterocycles. The third-order valence-corrected chi connectivity index (χ3v) is 5.64. The van der Waals surface area contributed by atoms with Gasteiger partial charge >= 0.3 is 0 Å². The second-order valence-corrected chi connectivity index (χ2v) is 7.57. The molecule has 1 amide bonds. The van der Waals surface area contributed by atoms with Gasteiger partial charge < -0.3 is 15.8 Å². The van der Waals surface area contributed by atoms with Crippen molar-refractivity contribution in [2.45, 2.75) is 11.3 Å². The number of methoxy groups -OCH3 is 1. The van der Waals surface area contributed by atoms with E-state index in [1.54, 1.807) is 43.5 Å². The van der Waals surface area contributed by atoms with Gasteiger partial charge in [0.2, 0.25) is 0 Å². The molecule has 0 spiro atoms. The van der Waals surface area contributed by atoms with E-state index in [0.717, 1.165) is 4.31 Å². The molecule has 7 nitrogen and oxygen atoms in total. The Bertz CT molecular complexity index is 857. The van der Waals surface area contributed by atoms with Gasteiger partial charge in [-0.3, -0.25) is 9.10 Å². The minimum absolute atomic E-state index is 0. The molecule has 2 rings (SSSR count). The predicted octanol–water partition coefficient (Wildman–Crippen LogP) is 2.02. The van der Waals surface area contributed by atoms with Crippen molar-refractivity contribution >= 4 is 34.0 Å². The number of anilines is 1. The molecule has 0 bridgehead atoms. The van der Waals surface area contributed by atoms with E-state index in [1.165, 1.54) is 19.2 Å². The maximum atomic E-state index is 12.9. The fourth-order valence-corrected chi connectivity index (χ4v) is 3.53.